The van der Waals surface area contributed by atoms with Gasteiger partial charge in [0.2, 0.25) is 0 Å². The molecule has 8 nitrogen and oxygen atoms in total. The summed E-state index contributed by atoms with van der Waals surface area (Å²) in [7, 11) is 1.78. The van der Waals surface area contributed by atoms with Crippen LogP contribution >= 0.6 is 22.7 Å². The van der Waals surface area contributed by atoms with Crippen LogP contribution in [0.1, 0.15) is 37.0 Å². The van der Waals surface area contributed by atoms with Gasteiger partial charge in [-0.2, -0.15) is 5.10 Å². The number of hydrogen-bond donors (Lipinski definition) is 2. The molecular weight excluding hydrogens is 558 g/mol. The van der Waals surface area contributed by atoms with Crippen molar-refractivity contribution in [1.29, 1.82) is 0 Å². The molecular formula is C31H25N3O5S2. The number of amides is 1. The number of nitrogens with one attached hydrogen (secondary N) is 1. The van der Waals surface area contributed by atoms with E-state index in [2.05, 4.69) is 22.5 Å². The Bertz CT molecular complexity index is 1910. The Morgan fingerprint density at radius 3 is 2.54 bits per heavy atom. The highest BCUT2D eigenvalue weighted by molar-refractivity contribution is 7.31. The maximum Gasteiger partial charge on any atom is 0.413 e. The Balaban J connectivity index is 1.12. The lowest BCUT2D eigenvalue weighted by Crippen LogP contribution is -2.18. The zero-order valence-electron chi connectivity index (χ0n) is 22.2. The number of furan rings is 1. The van der Waals surface area contributed by atoms with Gasteiger partial charge in [-0.3, -0.25) is 14.8 Å². The van der Waals surface area contributed by atoms with E-state index in [9.17, 15) is 14.7 Å². The van der Waals surface area contributed by atoms with Crippen LogP contribution in [0.15, 0.2) is 77.5 Å². The van der Waals surface area contributed by atoms with E-state index in [0.29, 0.717) is 24.2 Å². The fourth-order valence-corrected chi connectivity index (χ4v) is 7.63. The van der Waals surface area contributed by atoms with Crippen LogP contribution < -0.4 is 5.32 Å². The van der Waals surface area contributed by atoms with Gasteiger partial charge < -0.3 is 14.3 Å². The quantitative estimate of drug-likeness (QED) is 0.196. The highest BCUT2D eigenvalue weighted by atomic mass is 32.1. The summed E-state index contributed by atoms with van der Waals surface area (Å²) in [5.41, 5.74) is 3.42. The first kappa shape index (κ1) is 25.6. The first-order valence-corrected chi connectivity index (χ1v) is 14.8. The number of carbonyl (C=O) groups is 2. The number of aryl methyl sites for hydroxylation is 1. The van der Waals surface area contributed by atoms with E-state index in [1.165, 1.54) is 0 Å². The molecule has 1 amide bonds. The molecule has 0 bridgehead atoms. The van der Waals surface area contributed by atoms with Gasteiger partial charge in [-0.25, -0.2) is 4.79 Å². The topological polar surface area (TPSA) is 107 Å². The van der Waals surface area contributed by atoms with E-state index in [-0.39, 0.29) is 0 Å². The van der Waals surface area contributed by atoms with E-state index in [1.807, 2.05) is 55.5 Å². The average molecular weight is 584 g/mol. The van der Waals surface area contributed by atoms with Crippen LogP contribution in [0.2, 0.25) is 0 Å². The SMILES string of the molecule is C[C@@H](OC(=O)Nc1c(-c2cc3sc(-c4ccc5c(C6(C(=O)O)CC6)coc5c4)cc3s2)cnn1C)c1ccccc1. The van der Waals surface area contributed by atoms with E-state index in [4.69, 9.17) is 9.15 Å². The second-order valence-electron chi connectivity index (χ2n) is 10.3. The maximum absolute atomic E-state index is 12.7. The number of hydrogen-bond acceptors (Lipinski definition) is 7. The van der Waals surface area contributed by atoms with Gasteiger partial charge in [0, 0.05) is 37.2 Å². The van der Waals surface area contributed by atoms with Crippen molar-refractivity contribution in [3.05, 3.63) is 84.3 Å². The number of carbonyl (C=O) groups excluding carboxylic acids is 1. The number of anilines is 1. The molecule has 2 N–H and O–H groups in total. The Hall–Kier alpha value is -4.41. The molecule has 0 saturated heterocycles. The first-order chi connectivity index (χ1) is 19.8. The summed E-state index contributed by atoms with van der Waals surface area (Å²) in [4.78, 5) is 26.6. The van der Waals surface area contributed by atoms with E-state index < -0.39 is 23.6 Å². The Morgan fingerprint density at radius 2 is 1.80 bits per heavy atom. The predicted molar refractivity (Wildman–Crippen MR) is 161 cm³/mol. The largest absolute Gasteiger partial charge is 0.481 e. The molecule has 6 aromatic rings. The normalized spacial score (nSPS) is 14.8. The highest BCUT2D eigenvalue weighted by Crippen LogP contribution is 2.51. The molecule has 4 heterocycles. The number of carboxylic acids is 1. The lowest BCUT2D eigenvalue weighted by molar-refractivity contribution is -0.140. The molecule has 7 rings (SSSR count). The van der Waals surface area contributed by atoms with Gasteiger partial charge in [-0.1, -0.05) is 42.5 Å². The summed E-state index contributed by atoms with van der Waals surface area (Å²) in [5, 5.41) is 17.8. The molecule has 10 heteroatoms. The number of aromatic nitrogens is 2. The second kappa shape index (κ2) is 9.60. The summed E-state index contributed by atoms with van der Waals surface area (Å²) >= 11 is 3.30. The Morgan fingerprint density at radius 1 is 1.07 bits per heavy atom. The molecule has 1 atom stereocenters. The third kappa shape index (κ3) is 4.39. The minimum absolute atomic E-state index is 0.391. The lowest BCUT2D eigenvalue weighted by atomic mass is 9.95. The van der Waals surface area contributed by atoms with Gasteiger partial charge in [-0.15, -0.1) is 22.7 Å². The third-order valence-electron chi connectivity index (χ3n) is 7.72. The van der Waals surface area contributed by atoms with Crippen molar-refractivity contribution in [3.63, 3.8) is 0 Å². The molecule has 1 fully saturated rings. The maximum atomic E-state index is 12.7. The van der Waals surface area contributed by atoms with Gasteiger partial charge >= 0.3 is 12.1 Å². The van der Waals surface area contributed by atoms with E-state index in [0.717, 1.165) is 46.8 Å². The fourth-order valence-electron chi connectivity index (χ4n) is 5.23. The number of fused-ring (bicyclic) bond motifs is 2. The van der Waals surface area contributed by atoms with E-state index >= 15 is 0 Å². The first-order valence-electron chi connectivity index (χ1n) is 13.2. The molecule has 4 aromatic heterocycles. The number of thiophene rings is 2. The van der Waals surface area contributed by atoms with Crippen LogP contribution in [-0.4, -0.2) is 26.9 Å². The van der Waals surface area contributed by atoms with Gasteiger partial charge in [0.1, 0.15) is 17.5 Å². The third-order valence-corrected chi connectivity index (χ3v) is 10.1. The van der Waals surface area contributed by atoms with Gasteiger partial charge in [0.15, 0.2) is 0 Å². The van der Waals surface area contributed by atoms with Gasteiger partial charge in [0.25, 0.3) is 0 Å². The van der Waals surface area contributed by atoms with Crippen LogP contribution in [-0.2, 0) is 22.0 Å². The number of carboxylic acid groups (broad SMARTS) is 1. The number of nitrogens with zero attached hydrogens (tertiary/aromatic N) is 2. The Kier molecular flexibility index (Phi) is 5.98. The number of aliphatic carboxylic acids is 1. The minimum atomic E-state index is -0.800. The van der Waals surface area contributed by atoms with Crippen LogP contribution in [0.3, 0.4) is 0 Å². The molecule has 1 saturated carbocycles. The summed E-state index contributed by atoms with van der Waals surface area (Å²) in [6, 6.07) is 19.8. The van der Waals surface area contributed by atoms with Crippen molar-refractivity contribution in [3.8, 4) is 20.9 Å². The van der Waals surface area contributed by atoms with Gasteiger partial charge in [0.05, 0.1) is 23.4 Å². The summed E-state index contributed by atoms with van der Waals surface area (Å²) in [6.07, 6.45) is 3.71. The number of ether oxygens (including phenoxy) is 1. The zero-order chi connectivity index (χ0) is 28.3. The summed E-state index contributed by atoms with van der Waals surface area (Å²) in [6.45, 7) is 1.84. The van der Waals surface area contributed by atoms with Crippen LogP contribution in [0.5, 0.6) is 0 Å². The number of rotatable bonds is 7. The molecule has 0 radical (unpaired) electrons. The Labute approximate surface area is 242 Å². The zero-order valence-corrected chi connectivity index (χ0v) is 23.8. The van der Waals surface area contributed by atoms with Crippen molar-refractivity contribution < 1.29 is 23.8 Å². The molecule has 0 unspecified atom stereocenters. The van der Waals surface area contributed by atoms with Crippen LogP contribution in [0, 0.1) is 0 Å². The molecule has 206 valence electrons. The number of benzene rings is 2. The monoisotopic (exact) mass is 583 g/mol. The van der Waals surface area contributed by atoms with Crippen molar-refractivity contribution in [2.75, 3.05) is 5.32 Å². The van der Waals surface area contributed by atoms with Crippen molar-refractivity contribution in [1.82, 2.24) is 9.78 Å². The lowest BCUT2D eigenvalue weighted by Gasteiger charge is -2.14. The molecule has 41 heavy (non-hydrogen) atoms. The van der Waals surface area contributed by atoms with E-state index in [1.54, 1.807) is 46.9 Å². The molecule has 2 aromatic carbocycles. The fraction of sp³-hybridized carbons (Fsp3) is 0.194. The van der Waals surface area contributed by atoms with Crippen molar-refractivity contribution >= 4 is 60.9 Å². The van der Waals surface area contributed by atoms with Crippen LogP contribution in [0.25, 0.3) is 41.3 Å². The van der Waals surface area contributed by atoms with Crippen molar-refractivity contribution in [2.45, 2.75) is 31.3 Å². The average Bonchev–Trinajstić information content (AvgIpc) is 3.21. The van der Waals surface area contributed by atoms with Crippen LogP contribution in [0.4, 0.5) is 10.6 Å². The van der Waals surface area contributed by atoms with Gasteiger partial charge in [-0.05, 0) is 49.1 Å². The highest BCUT2D eigenvalue weighted by Gasteiger charge is 2.53. The standard InChI is InChI=1S/C31H25N3O5S2/c1-17(18-6-4-3-5-7-18)39-30(37)33-28-21(15-32-34(28)2)25-14-27-26(41-25)13-24(40-27)19-8-9-20-22(16-38-23(20)12-19)31(10-11-31)29(35)36/h3-9,12-17H,10-11H2,1-2H3,(H,33,37)(H,35,36)/t17-/m1/s1. The molecule has 1 aliphatic carbocycles. The van der Waals surface area contributed by atoms with Crippen molar-refractivity contribution in [2.24, 2.45) is 7.05 Å². The molecule has 1 aliphatic rings. The second-order valence-corrected chi connectivity index (χ2v) is 12.5. The summed E-state index contributed by atoms with van der Waals surface area (Å²) < 4.78 is 15.3. The predicted octanol–water partition coefficient (Wildman–Crippen LogP) is 8.20. The smallest absolute Gasteiger partial charge is 0.413 e. The summed E-state index contributed by atoms with van der Waals surface area (Å²) in [5.74, 6) is -0.220. The molecule has 0 aliphatic heterocycles. The molecule has 0 spiro atoms. The minimum Gasteiger partial charge on any atom is -0.481 e.